The van der Waals surface area contributed by atoms with Crippen molar-refractivity contribution in [3.63, 3.8) is 0 Å². The third kappa shape index (κ3) is 3.58. The van der Waals surface area contributed by atoms with Gasteiger partial charge >= 0.3 is 0 Å². The summed E-state index contributed by atoms with van der Waals surface area (Å²) in [6, 6.07) is -0.110. The Balaban J connectivity index is 1.73. The Morgan fingerprint density at radius 1 is 1.17 bits per heavy atom. The van der Waals surface area contributed by atoms with E-state index in [4.69, 9.17) is 23.2 Å². The maximum atomic E-state index is 15.0. The van der Waals surface area contributed by atoms with Crippen molar-refractivity contribution in [2.24, 2.45) is 11.3 Å². The van der Waals surface area contributed by atoms with Crippen LogP contribution in [-0.2, 0) is 4.79 Å². The molecule has 29 heavy (non-hydrogen) atoms. The SMILES string of the molecule is O=C(NC(c1c(F)c(O)cc(Cl)c1Cl)C12CCC(F)(CC1)C2)[C@H]1CCC(F)(F)C1. The molecule has 3 fully saturated rings. The van der Waals surface area contributed by atoms with Crippen LogP contribution < -0.4 is 5.32 Å². The zero-order valence-electron chi connectivity index (χ0n) is 15.5. The van der Waals surface area contributed by atoms with Gasteiger partial charge < -0.3 is 10.4 Å². The van der Waals surface area contributed by atoms with Crippen LogP contribution in [0.1, 0.15) is 63.0 Å². The molecule has 3 aliphatic rings. The highest BCUT2D eigenvalue weighted by Crippen LogP contribution is 2.64. The molecule has 160 valence electrons. The van der Waals surface area contributed by atoms with Crippen LogP contribution in [0.5, 0.6) is 5.75 Å². The molecule has 0 saturated heterocycles. The molecule has 0 radical (unpaired) electrons. The van der Waals surface area contributed by atoms with Gasteiger partial charge in [-0.2, -0.15) is 0 Å². The lowest BCUT2D eigenvalue weighted by Gasteiger charge is -2.38. The van der Waals surface area contributed by atoms with Gasteiger partial charge in [-0.3, -0.25) is 4.79 Å². The lowest BCUT2D eigenvalue weighted by Crippen LogP contribution is -2.42. The zero-order valence-corrected chi connectivity index (χ0v) is 17.0. The van der Waals surface area contributed by atoms with Crippen molar-refractivity contribution in [2.75, 3.05) is 0 Å². The minimum atomic E-state index is -2.91. The predicted octanol–water partition coefficient (Wildman–Crippen LogP) is 6.10. The maximum absolute atomic E-state index is 15.0. The Kier molecular flexibility index (Phi) is 5.01. The Bertz CT molecular complexity index is 829. The smallest absolute Gasteiger partial charge is 0.248 e. The van der Waals surface area contributed by atoms with E-state index < -0.39 is 52.9 Å². The molecule has 0 heterocycles. The summed E-state index contributed by atoms with van der Waals surface area (Å²) in [7, 11) is 0. The fraction of sp³-hybridized carbons (Fsp3) is 0.650. The minimum Gasteiger partial charge on any atom is -0.505 e. The van der Waals surface area contributed by atoms with Gasteiger partial charge in [-0.15, -0.1) is 0 Å². The van der Waals surface area contributed by atoms with Crippen LogP contribution >= 0.6 is 23.2 Å². The number of phenols is 1. The lowest BCUT2D eigenvalue weighted by molar-refractivity contribution is -0.127. The van der Waals surface area contributed by atoms with Gasteiger partial charge in [-0.25, -0.2) is 17.6 Å². The largest absolute Gasteiger partial charge is 0.505 e. The molecule has 3 saturated carbocycles. The van der Waals surface area contributed by atoms with E-state index in [9.17, 15) is 27.5 Å². The van der Waals surface area contributed by atoms with E-state index in [1.165, 1.54) is 0 Å². The number of hydrogen-bond donors (Lipinski definition) is 2. The number of alkyl halides is 3. The monoisotopic (exact) mass is 453 g/mol. The number of halogens is 6. The summed E-state index contributed by atoms with van der Waals surface area (Å²) in [5.74, 6) is -6.25. The number of aromatic hydroxyl groups is 1. The molecule has 2 atom stereocenters. The van der Waals surface area contributed by atoms with Gasteiger partial charge in [0, 0.05) is 30.4 Å². The third-order valence-electron chi connectivity index (χ3n) is 6.94. The molecule has 0 spiro atoms. The fourth-order valence-corrected chi connectivity index (χ4v) is 5.85. The van der Waals surface area contributed by atoms with E-state index in [1.807, 2.05) is 0 Å². The average Bonchev–Trinajstić information content (AvgIpc) is 3.29. The van der Waals surface area contributed by atoms with Crippen molar-refractivity contribution < 1.29 is 27.5 Å². The molecule has 4 rings (SSSR count). The first-order chi connectivity index (χ1) is 13.5. The highest BCUT2D eigenvalue weighted by Gasteiger charge is 2.59. The first kappa shape index (κ1) is 21.0. The van der Waals surface area contributed by atoms with Crippen molar-refractivity contribution >= 4 is 29.1 Å². The number of phenolic OH excluding ortho intramolecular Hbond substituents is 1. The van der Waals surface area contributed by atoms with Crippen molar-refractivity contribution in [1.29, 1.82) is 0 Å². The minimum absolute atomic E-state index is 0.0165. The van der Waals surface area contributed by atoms with Crippen molar-refractivity contribution in [3.05, 3.63) is 27.5 Å². The van der Waals surface area contributed by atoms with Gasteiger partial charge in [0.05, 0.1) is 16.1 Å². The standard InChI is InChI=1S/C20H21Cl2F4NO2/c21-11-7-12(28)15(23)13(14(11)22)16(18-3-5-19(24,9-18)6-4-18)27-17(29)10-1-2-20(25,26)8-10/h7,10,16,28H,1-6,8-9H2,(H,27,29)/t10-,16?,18?,19?/m0/s1. The van der Waals surface area contributed by atoms with Crippen LogP contribution in [0, 0.1) is 17.2 Å². The van der Waals surface area contributed by atoms with E-state index in [-0.39, 0.29) is 47.7 Å². The van der Waals surface area contributed by atoms with Crippen molar-refractivity contribution in [3.8, 4) is 5.75 Å². The van der Waals surface area contributed by atoms with Gasteiger partial charge in [0.2, 0.25) is 11.8 Å². The molecule has 0 aliphatic heterocycles. The second-order valence-electron chi connectivity index (χ2n) is 8.85. The van der Waals surface area contributed by atoms with Crippen molar-refractivity contribution in [2.45, 2.75) is 69.0 Å². The number of amides is 1. The van der Waals surface area contributed by atoms with Crippen molar-refractivity contribution in [1.82, 2.24) is 5.32 Å². The van der Waals surface area contributed by atoms with E-state index in [1.54, 1.807) is 0 Å². The van der Waals surface area contributed by atoms with Crippen LogP contribution in [0.3, 0.4) is 0 Å². The van der Waals surface area contributed by atoms with Gasteiger partial charge in [-0.1, -0.05) is 23.2 Å². The molecule has 3 nitrogen and oxygen atoms in total. The maximum Gasteiger partial charge on any atom is 0.248 e. The molecule has 1 aromatic carbocycles. The number of fused-ring (bicyclic) bond motifs is 2. The van der Waals surface area contributed by atoms with E-state index >= 15 is 0 Å². The zero-order chi connectivity index (χ0) is 21.2. The lowest BCUT2D eigenvalue weighted by atomic mass is 9.74. The highest BCUT2D eigenvalue weighted by molar-refractivity contribution is 6.42. The first-order valence-corrected chi connectivity index (χ1v) is 10.4. The number of carbonyl (C=O) groups excluding carboxylic acids is 1. The van der Waals surface area contributed by atoms with Crippen LogP contribution in [0.4, 0.5) is 17.6 Å². The van der Waals surface area contributed by atoms with Gasteiger partial charge in [-0.05, 0) is 43.9 Å². The van der Waals surface area contributed by atoms with Crippen LogP contribution in [-0.4, -0.2) is 22.6 Å². The number of nitrogens with one attached hydrogen (secondary N) is 1. The third-order valence-corrected chi connectivity index (χ3v) is 7.75. The number of rotatable bonds is 4. The van der Waals surface area contributed by atoms with Crippen LogP contribution in [0.25, 0.3) is 0 Å². The predicted molar refractivity (Wildman–Crippen MR) is 101 cm³/mol. The number of benzene rings is 1. The first-order valence-electron chi connectivity index (χ1n) is 9.69. The second kappa shape index (κ2) is 6.91. The topological polar surface area (TPSA) is 49.3 Å². The number of carbonyl (C=O) groups is 1. The van der Waals surface area contributed by atoms with E-state index in [2.05, 4.69) is 5.32 Å². The molecular weight excluding hydrogens is 433 g/mol. The summed E-state index contributed by atoms with van der Waals surface area (Å²) in [5.41, 5.74) is -2.42. The summed E-state index contributed by atoms with van der Waals surface area (Å²) in [5, 5.41) is 12.3. The second-order valence-corrected chi connectivity index (χ2v) is 9.63. The van der Waals surface area contributed by atoms with E-state index in [0.717, 1.165) is 6.07 Å². The highest BCUT2D eigenvalue weighted by atomic mass is 35.5. The molecule has 1 aromatic rings. The molecule has 2 bridgehead atoms. The molecule has 1 unspecified atom stereocenters. The normalized spacial score (nSPS) is 33.8. The summed E-state index contributed by atoms with van der Waals surface area (Å²) < 4.78 is 57.0. The molecule has 0 aromatic heterocycles. The quantitative estimate of drug-likeness (QED) is 0.427. The summed E-state index contributed by atoms with van der Waals surface area (Å²) in [6.45, 7) is 0. The van der Waals surface area contributed by atoms with Crippen LogP contribution in [0.2, 0.25) is 10.0 Å². The van der Waals surface area contributed by atoms with Gasteiger partial charge in [0.25, 0.3) is 0 Å². The Labute approximate surface area is 175 Å². The number of hydrogen-bond acceptors (Lipinski definition) is 2. The Hall–Kier alpha value is -1.21. The Morgan fingerprint density at radius 2 is 1.83 bits per heavy atom. The van der Waals surface area contributed by atoms with Gasteiger partial charge in [0.1, 0.15) is 5.67 Å². The molecule has 2 N–H and O–H groups in total. The summed E-state index contributed by atoms with van der Waals surface area (Å²) in [4.78, 5) is 12.8. The molecule has 3 aliphatic carbocycles. The van der Waals surface area contributed by atoms with E-state index in [0.29, 0.717) is 12.8 Å². The summed E-state index contributed by atoms with van der Waals surface area (Å²) in [6.07, 6.45) is 0.470. The van der Waals surface area contributed by atoms with Gasteiger partial charge in [0.15, 0.2) is 11.6 Å². The van der Waals surface area contributed by atoms with Crippen LogP contribution in [0.15, 0.2) is 6.07 Å². The average molecular weight is 454 g/mol. The molecule has 1 amide bonds. The Morgan fingerprint density at radius 3 is 2.34 bits per heavy atom. The fourth-order valence-electron chi connectivity index (χ4n) is 5.40. The summed E-state index contributed by atoms with van der Waals surface area (Å²) >= 11 is 12.3. The molecular formula is C20H21Cl2F4NO2. The molecule has 9 heteroatoms.